The van der Waals surface area contributed by atoms with Crippen LogP contribution in [0.1, 0.15) is 33.3 Å². The van der Waals surface area contributed by atoms with Crippen LogP contribution in [0.5, 0.6) is 11.5 Å². The molecule has 2 aromatic rings. The predicted molar refractivity (Wildman–Crippen MR) is 107 cm³/mol. The summed E-state index contributed by atoms with van der Waals surface area (Å²) in [6.07, 6.45) is 1.18. The van der Waals surface area contributed by atoms with Crippen molar-refractivity contribution >= 4 is 22.4 Å². The molecular formula is C20H24BFO5S. The third-order valence-corrected chi connectivity index (χ3v) is 5.91. The van der Waals surface area contributed by atoms with Gasteiger partial charge in [-0.2, -0.15) is 0 Å². The second-order valence-corrected chi connectivity index (χ2v) is 10.2. The second kappa shape index (κ2) is 7.17. The lowest BCUT2D eigenvalue weighted by Crippen LogP contribution is -2.41. The first kappa shape index (κ1) is 20.8. The van der Waals surface area contributed by atoms with E-state index in [1.165, 1.54) is 30.5 Å². The van der Waals surface area contributed by atoms with E-state index in [9.17, 15) is 12.8 Å². The number of ether oxygens (including phenoxy) is 1. The third kappa shape index (κ3) is 4.56. The highest BCUT2D eigenvalue weighted by atomic mass is 32.2. The standard InChI is InChI=1S/C20H24BFO5S/c1-19(2)20(3,4)27-21(26-19)17-12-14(13-28(5,23)24)6-11-18(17)25-16-9-7-15(22)8-10-16/h6-12H,13H2,1-5H3. The Balaban J connectivity index is 2.00. The summed E-state index contributed by atoms with van der Waals surface area (Å²) in [4.78, 5) is 0. The van der Waals surface area contributed by atoms with Gasteiger partial charge in [-0.05, 0) is 63.6 Å². The summed E-state index contributed by atoms with van der Waals surface area (Å²) in [7, 11) is -3.93. The number of sulfone groups is 1. The highest BCUT2D eigenvalue weighted by Gasteiger charge is 2.52. The van der Waals surface area contributed by atoms with Gasteiger partial charge >= 0.3 is 7.12 Å². The number of benzene rings is 2. The predicted octanol–water partition coefficient (Wildman–Crippen LogP) is 3.46. The van der Waals surface area contributed by atoms with Crippen molar-refractivity contribution < 1.29 is 26.9 Å². The lowest BCUT2D eigenvalue weighted by Gasteiger charge is -2.32. The van der Waals surface area contributed by atoms with Crippen LogP contribution in [0, 0.1) is 5.82 Å². The van der Waals surface area contributed by atoms with Crippen molar-refractivity contribution in [2.75, 3.05) is 6.26 Å². The highest BCUT2D eigenvalue weighted by Crippen LogP contribution is 2.37. The monoisotopic (exact) mass is 406 g/mol. The maximum atomic E-state index is 13.2. The Kier molecular flexibility index (Phi) is 5.33. The van der Waals surface area contributed by atoms with Gasteiger partial charge in [0.25, 0.3) is 0 Å². The zero-order valence-electron chi connectivity index (χ0n) is 16.7. The SMILES string of the molecule is CC1(C)OB(c2cc(CS(C)(=O)=O)ccc2Oc2ccc(F)cc2)OC1(C)C. The largest absolute Gasteiger partial charge is 0.498 e. The molecule has 28 heavy (non-hydrogen) atoms. The molecule has 0 aliphatic carbocycles. The van der Waals surface area contributed by atoms with Crippen molar-refractivity contribution in [2.24, 2.45) is 0 Å². The molecule has 0 spiro atoms. The van der Waals surface area contributed by atoms with Crippen LogP contribution in [0.4, 0.5) is 4.39 Å². The topological polar surface area (TPSA) is 61.8 Å². The minimum Gasteiger partial charge on any atom is -0.458 e. The minimum absolute atomic E-state index is 0.101. The van der Waals surface area contributed by atoms with E-state index in [2.05, 4.69) is 0 Å². The van der Waals surface area contributed by atoms with E-state index in [1.807, 2.05) is 27.7 Å². The molecule has 0 unspecified atom stereocenters. The fourth-order valence-electron chi connectivity index (χ4n) is 2.87. The Morgan fingerprint density at radius 2 is 1.57 bits per heavy atom. The van der Waals surface area contributed by atoms with Crippen molar-refractivity contribution in [2.45, 2.75) is 44.6 Å². The second-order valence-electron chi connectivity index (χ2n) is 8.09. The van der Waals surface area contributed by atoms with E-state index in [0.717, 1.165) is 0 Å². The lowest BCUT2D eigenvalue weighted by molar-refractivity contribution is 0.00578. The molecule has 0 atom stereocenters. The van der Waals surface area contributed by atoms with Crippen molar-refractivity contribution in [3.05, 3.63) is 53.8 Å². The summed E-state index contributed by atoms with van der Waals surface area (Å²) in [5.74, 6) is 0.454. The summed E-state index contributed by atoms with van der Waals surface area (Å²) in [5, 5.41) is 0. The van der Waals surface area contributed by atoms with Crippen molar-refractivity contribution in [1.29, 1.82) is 0 Å². The van der Waals surface area contributed by atoms with Gasteiger partial charge in [0, 0.05) is 11.7 Å². The maximum Gasteiger partial charge on any atom is 0.498 e. The number of halogens is 1. The smallest absolute Gasteiger partial charge is 0.458 e. The normalized spacial score (nSPS) is 18.3. The summed E-state index contributed by atoms with van der Waals surface area (Å²) >= 11 is 0. The van der Waals surface area contributed by atoms with Crippen molar-refractivity contribution in [1.82, 2.24) is 0 Å². The van der Waals surface area contributed by atoms with Crippen molar-refractivity contribution in [3.63, 3.8) is 0 Å². The van der Waals surface area contributed by atoms with E-state index in [0.29, 0.717) is 22.5 Å². The summed E-state index contributed by atoms with van der Waals surface area (Å²) in [6, 6.07) is 10.8. The molecule has 8 heteroatoms. The molecule has 150 valence electrons. The Labute approximate surface area is 165 Å². The van der Waals surface area contributed by atoms with Gasteiger partial charge < -0.3 is 14.0 Å². The molecular weight excluding hydrogens is 382 g/mol. The minimum atomic E-state index is -3.20. The molecule has 1 saturated heterocycles. The van der Waals surface area contributed by atoms with E-state index in [-0.39, 0.29) is 11.6 Å². The van der Waals surface area contributed by atoms with Crippen LogP contribution in [-0.2, 0) is 24.9 Å². The van der Waals surface area contributed by atoms with E-state index >= 15 is 0 Å². The van der Waals surface area contributed by atoms with Crippen LogP contribution in [0.3, 0.4) is 0 Å². The van der Waals surface area contributed by atoms with Crippen LogP contribution < -0.4 is 10.2 Å². The number of hydrogen-bond donors (Lipinski definition) is 0. The van der Waals surface area contributed by atoms with E-state index < -0.39 is 28.2 Å². The molecule has 2 aromatic carbocycles. The molecule has 1 heterocycles. The van der Waals surface area contributed by atoms with Crippen LogP contribution in [0.2, 0.25) is 0 Å². The number of hydrogen-bond acceptors (Lipinski definition) is 5. The summed E-state index contributed by atoms with van der Waals surface area (Å²) in [6.45, 7) is 7.75. The Hall–Kier alpha value is -1.90. The molecule has 0 amide bonds. The lowest BCUT2D eigenvalue weighted by atomic mass is 9.77. The molecule has 1 aliphatic heterocycles. The first-order valence-electron chi connectivity index (χ1n) is 8.96. The van der Waals surface area contributed by atoms with Gasteiger partial charge in [-0.15, -0.1) is 0 Å². The van der Waals surface area contributed by atoms with E-state index in [4.69, 9.17) is 14.0 Å². The molecule has 1 fully saturated rings. The molecule has 0 saturated carbocycles. The van der Waals surface area contributed by atoms with Crippen LogP contribution in [0.15, 0.2) is 42.5 Å². The van der Waals surface area contributed by atoms with Crippen molar-refractivity contribution in [3.8, 4) is 11.5 Å². The quantitative estimate of drug-likeness (QED) is 0.712. The highest BCUT2D eigenvalue weighted by molar-refractivity contribution is 7.89. The van der Waals surface area contributed by atoms with Gasteiger partial charge in [0.1, 0.15) is 17.3 Å². The Bertz CT molecular complexity index is 955. The third-order valence-electron chi connectivity index (χ3n) is 5.05. The molecule has 1 aliphatic rings. The van der Waals surface area contributed by atoms with Gasteiger partial charge in [-0.3, -0.25) is 0 Å². The molecule has 3 rings (SSSR count). The molecule has 0 aromatic heterocycles. The maximum absolute atomic E-state index is 13.2. The first-order valence-corrected chi connectivity index (χ1v) is 11.0. The molecule has 0 bridgehead atoms. The Morgan fingerprint density at radius 3 is 2.11 bits per heavy atom. The van der Waals surface area contributed by atoms with Crippen LogP contribution in [0.25, 0.3) is 0 Å². The fourth-order valence-corrected chi connectivity index (χ4v) is 3.65. The number of rotatable bonds is 5. The molecule has 0 N–H and O–H groups in total. The van der Waals surface area contributed by atoms with Gasteiger partial charge in [0.15, 0.2) is 9.84 Å². The zero-order valence-corrected chi connectivity index (χ0v) is 17.5. The molecule has 5 nitrogen and oxygen atoms in total. The average Bonchev–Trinajstić information content (AvgIpc) is 2.77. The van der Waals surface area contributed by atoms with Gasteiger partial charge in [-0.1, -0.05) is 12.1 Å². The van der Waals surface area contributed by atoms with E-state index in [1.54, 1.807) is 18.2 Å². The average molecular weight is 406 g/mol. The summed E-state index contributed by atoms with van der Waals surface area (Å²) in [5.41, 5.74) is 0.0813. The fraction of sp³-hybridized carbons (Fsp3) is 0.400. The van der Waals surface area contributed by atoms with Gasteiger partial charge in [-0.25, -0.2) is 12.8 Å². The zero-order chi connectivity index (χ0) is 20.7. The molecule has 0 radical (unpaired) electrons. The Morgan fingerprint density at radius 1 is 1.00 bits per heavy atom. The summed E-state index contributed by atoms with van der Waals surface area (Å²) < 4.78 is 54.8. The first-order chi connectivity index (χ1) is 12.9. The van der Waals surface area contributed by atoms with Gasteiger partial charge in [0.05, 0.1) is 17.0 Å². The van der Waals surface area contributed by atoms with Gasteiger partial charge in [0.2, 0.25) is 0 Å². The van der Waals surface area contributed by atoms with Crippen LogP contribution in [-0.4, -0.2) is 33.0 Å². The van der Waals surface area contributed by atoms with Crippen LogP contribution >= 0.6 is 0 Å².